The van der Waals surface area contributed by atoms with E-state index in [2.05, 4.69) is 31.7 Å². The quantitative estimate of drug-likeness (QED) is 0.491. The van der Waals surface area contributed by atoms with Crippen molar-refractivity contribution in [2.24, 2.45) is 11.3 Å². The fraction of sp³-hybridized carbons (Fsp3) is 0.423. The van der Waals surface area contributed by atoms with Crippen LogP contribution in [0.2, 0.25) is 0 Å². The van der Waals surface area contributed by atoms with E-state index in [1.54, 1.807) is 17.0 Å². The van der Waals surface area contributed by atoms with Crippen molar-refractivity contribution in [1.29, 1.82) is 0 Å². The molecule has 1 aliphatic rings. The van der Waals surface area contributed by atoms with Crippen LogP contribution in [0.5, 0.6) is 5.75 Å². The van der Waals surface area contributed by atoms with E-state index in [9.17, 15) is 15.0 Å². The van der Waals surface area contributed by atoms with Crippen LogP contribution in [0.3, 0.4) is 0 Å². The summed E-state index contributed by atoms with van der Waals surface area (Å²) in [5, 5.41) is 21.0. The van der Waals surface area contributed by atoms with E-state index in [1.165, 1.54) is 0 Å². The van der Waals surface area contributed by atoms with Crippen LogP contribution in [-0.4, -0.2) is 57.4 Å². The Labute approximate surface area is 206 Å². The van der Waals surface area contributed by atoms with Crippen LogP contribution in [0.4, 0.5) is 10.6 Å². The van der Waals surface area contributed by atoms with Crippen LogP contribution in [0, 0.1) is 18.3 Å². The van der Waals surface area contributed by atoms with Gasteiger partial charge in [0.2, 0.25) is 0 Å². The molecule has 0 saturated carbocycles. The van der Waals surface area contributed by atoms with Crippen LogP contribution >= 0.6 is 12.4 Å². The minimum absolute atomic E-state index is 0. The summed E-state index contributed by atoms with van der Waals surface area (Å²) < 4.78 is 0. The van der Waals surface area contributed by atoms with Crippen molar-refractivity contribution >= 4 is 35.2 Å². The Morgan fingerprint density at radius 1 is 1.18 bits per heavy atom. The first-order valence-electron chi connectivity index (χ1n) is 11.4. The second kappa shape index (κ2) is 10.1. The Bertz CT molecular complexity index is 1180. The standard InChI is InChI=1S/C26H32N4O3.ClH/c1-17-9-10-19-21(13-17)27-23(20-7-5-6-8-22(20)31)28-24(19)29-12-11-18(14-29)15-30(25(32)33)16-26(2,3)4;/h5-10,13,18,31H,11-12,14-16H2,1-4H3,(H,32,33);1H/t18-;/m0./s1. The third-order valence-corrected chi connectivity index (χ3v) is 5.98. The smallest absolute Gasteiger partial charge is 0.407 e. The van der Waals surface area contributed by atoms with Crippen LogP contribution in [-0.2, 0) is 0 Å². The Balaban J connectivity index is 0.00000324. The minimum Gasteiger partial charge on any atom is -0.507 e. The van der Waals surface area contributed by atoms with E-state index < -0.39 is 6.09 Å². The molecule has 2 heterocycles. The molecule has 0 spiro atoms. The Kier molecular flexibility index (Phi) is 7.56. The summed E-state index contributed by atoms with van der Waals surface area (Å²) in [6.45, 7) is 10.7. The fourth-order valence-electron chi connectivity index (χ4n) is 4.52. The zero-order valence-electron chi connectivity index (χ0n) is 20.2. The molecule has 0 bridgehead atoms. The minimum atomic E-state index is -0.867. The van der Waals surface area contributed by atoms with E-state index in [0.717, 1.165) is 41.8 Å². The van der Waals surface area contributed by atoms with Gasteiger partial charge >= 0.3 is 6.09 Å². The van der Waals surface area contributed by atoms with Gasteiger partial charge in [0.1, 0.15) is 11.6 Å². The molecule has 2 N–H and O–H groups in total. The number of aryl methyl sites for hydroxylation is 1. The maximum Gasteiger partial charge on any atom is 0.407 e. The highest BCUT2D eigenvalue weighted by molar-refractivity contribution is 5.92. The number of fused-ring (bicyclic) bond motifs is 1. The molecule has 0 radical (unpaired) electrons. The highest BCUT2D eigenvalue weighted by Crippen LogP contribution is 2.34. The van der Waals surface area contributed by atoms with Crippen LogP contribution in [0.1, 0.15) is 32.8 Å². The van der Waals surface area contributed by atoms with Gasteiger partial charge in [-0.25, -0.2) is 14.8 Å². The van der Waals surface area contributed by atoms with Crippen LogP contribution < -0.4 is 4.90 Å². The number of hydrogen-bond donors (Lipinski definition) is 2. The SMILES string of the molecule is Cc1ccc2c(N3CC[C@H](CN(CC(C)(C)C)C(=O)O)C3)nc(-c3ccccc3O)nc2c1.Cl. The van der Waals surface area contributed by atoms with Crippen molar-refractivity contribution < 1.29 is 15.0 Å². The molecule has 1 atom stereocenters. The molecule has 8 heteroatoms. The summed E-state index contributed by atoms with van der Waals surface area (Å²) in [5.41, 5.74) is 2.44. The Morgan fingerprint density at radius 3 is 2.59 bits per heavy atom. The molecule has 0 aliphatic carbocycles. The van der Waals surface area contributed by atoms with E-state index >= 15 is 0 Å². The van der Waals surface area contributed by atoms with E-state index in [-0.39, 0.29) is 29.5 Å². The summed E-state index contributed by atoms with van der Waals surface area (Å²) in [7, 11) is 0. The molecule has 1 saturated heterocycles. The highest BCUT2D eigenvalue weighted by Gasteiger charge is 2.30. The van der Waals surface area contributed by atoms with Crippen molar-refractivity contribution in [2.45, 2.75) is 34.1 Å². The zero-order chi connectivity index (χ0) is 23.8. The molecule has 3 aromatic rings. The third kappa shape index (κ3) is 5.70. The van der Waals surface area contributed by atoms with Crippen molar-refractivity contribution in [1.82, 2.24) is 14.9 Å². The molecule has 7 nitrogen and oxygen atoms in total. The predicted octanol–water partition coefficient (Wildman–Crippen LogP) is 5.59. The number of hydrogen-bond acceptors (Lipinski definition) is 5. The molecule has 1 amide bonds. The normalized spacial score (nSPS) is 15.9. The lowest BCUT2D eigenvalue weighted by atomic mass is 9.95. The Morgan fingerprint density at radius 2 is 1.91 bits per heavy atom. The average Bonchev–Trinajstić information content (AvgIpc) is 3.20. The van der Waals surface area contributed by atoms with Gasteiger partial charge in [-0.05, 0) is 54.5 Å². The molecule has 182 valence electrons. The van der Waals surface area contributed by atoms with Crippen molar-refractivity contribution in [3.05, 3.63) is 48.0 Å². The van der Waals surface area contributed by atoms with E-state index in [0.29, 0.717) is 24.5 Å². The number of phenols is 1. The number of aromatic nitrogens is 2. The average molecular weight is 485 g/mol. The molecule has 1 aliphatic heterocycles. The van der Waals surface area contributed by atoms with Gasteiger partial charge in [-0.15, -0.1) is 12.4 Å². The number of anilines is 1. The number of amides is 1. The van der Waals surface area contributed by atoms with Gasteiger partial charge < -0.3 is 20.0 Å². The molecule has 1 aromatic heterocycles. The highest BCUT2D eigenvalue weighted by atomic mass is 35.5. The predicted molar refractivity (Wildman–Crippen MR) is 138 cm³/mol. The molecular weight excluding hydrogens is 452 g/mol. The van der Waals surface area contributed by atoms with E-state index in [1.807, 2.05) is 31.2 Å². The van der Waals surface area contributed by atoms with Gasteiger partial charge in [0, 0.05) is 31.6 Å². The largest absolute Gasteiger partial charge is 0.507 e. The first-order valence-corrected chi connectivity index (χ1v) is 11.4. The number of phenolic OH excluding ortho intramolecular Hbond substituents is 1. The zero-order valence-corrected chi connectivity index (χ0v) is 21.0. The second-order valence-corrected chi connectivity index (χ2v) is 10.2. The van der Waals surface area contributed by atoms with Gasteiger partial charge in [-0.2, -0.15) is 0 Å². The van der Waals surface area contributed by atoms with Gasteiger partial charge in [0.25, 0.3) is 0 Å². The molecule has 34 heavy (non-hydrogen) atoms. The maximum absolute atomic E-state index is 11.8. The number of benzene rings is 2. The van der Waals surface area contributed by atoms with Crippen molar-refractivity contribution in [2.75, 3.05) is 31.1 Å². The number of aromatic hydroxyl groups is 1. The molecule has 2 aromatic carbocycles. The number of rotatable bonds is 5. The summed E-state index contributed by atoms with van der Waals surface area (Å²) >= 11 is 0. The van der Waals surface area contributed by atoms with E-state index in [4.69, 9.17) is 9.97 Å². The van der Waals surface area contributed by atoms with Crippen LogP contribution in [0.25, 0.3) is 22.3 Å². The summed E-state index contributed by atoms with van der Waals surface area (Å²) in [6, 6.07) is 13.2. The van der Waals surface area contributed by atoms with Gasteiger partial charge in [0.15, 0.2) is 5.82 Å². The van der Waals surface area contributed by atoms with Gasteiger partial charge in [-0.1, -0.05) is 39.0 Å². The summed E-state index contributed by atoms with van der Waals surface area (Å²) in [4.78, 5) is 25.2. The second-order valence-electron chi connectivity index (χ2n) is 10.2. The summed E-state index contributed by atoms with van der Waals surface area (Å²) in [6.07, 6.45) is 0.0326. The first-order chi connectivity index (χ1) is 15.6. The van der Waals surface area contributed by atoms with Gasteiger partial charge in [0.05, 0.1) is 11.1 Å². The third-order valence-electron chi connectivity index (χ3n) is 5.98. The number of carboxylic acid groups (broad SMARTS) is 1. The summed E-state index contributed by atoms with van der Waals surface area (Å²) in [5.74, 6) is 1.70. The molecular formula is C26H33ClN4O3. The number of carbonyl (C=O) groups is 1. The van der Waals surface area contributed by atoms with Crippen LogP contribution in [0.15, 0.2) is 42.5 Å². The number of para-hydroxylation sites is 1. The number of halogens is 1. The monoisotopic (exact) mass is 484 g/mol. The first kappa shape index (κ1) is 25.6. The topological polar surface area (TPSA) is 89.8 Å². The van der Waals surface area contributed by atoms with Gasteiger partial charge in [-0.3, -0.25) is 0 Å². The lowest BCUT2D eigenvalue weighted by Gasteiger charge is -2.30. The molecule has 1 fully saturated rings. The van der Waals surface area contributed by atoms with Crippen molar-refractivity contribution in [3.63, 3.8) is 0 Å². The van der Waals surface area contributed by atoms with Crippen molar-refractivity contribution in [3.8, 4) is 17.1 Å². The molecule has 0 unspecified atom stereocenters. The maximum atomic E-state index is 11.8. The lowest BCUT2D eigenvalue weighted by Crippen LogP contribution is -2.40. The number of nitrogens with zero attached hydrogens (tertiary/aromatic N) is 4. The molecule has 4 rings (SSSR count). The fourth-order valence-corrected chi connectivity index (χ4v) is 4.52. The Hall–Kier alpha value is -3.06. The lowest BCUT2D eigenvalue weighted by molar-refractivity contribution is 0.118.